The van der Waals surface area contributed by atoms with Crippen molar-refractivity contribution >= 4 is 45.9 Å². The minimum atomic E-state index is -0.359. The zero-order valence-corrected chi connectivity index (χ0v) is 14.0. The van der Waals surface area contributed by atoms with E-state index in [0.717, 1.165) is 11.3 Å². The van der Waals surface area contributed by atoms with Crippen molar-refractivity contribution in [2.24, 2.45) is 5.10 Å². The minimum Gasteiger partial charge on any atom is -0.332 e. The van der Waals surface area contributed by atoms with Crippen LogP contribution in [-0.4, -0.2) is 17.1 Å². The molecule has 0 aliphatic rings. The molecule has 0 unspecified atom stereocenters. The summed E-state index contributed by atoms with van der Waals surface area (Å²) in [7, 11) is 0. The second kappa shape index (κ2) is 7.72. The molecule has 3 aromatic rings. The fourth-order valence-corrected chi connectivity index (χ4v) is 2.69. The van der Waals surface area contributed by atoms with Crippen LogP contribution in [0.15, 0.2) is 65.1 Å². The van der Waals surface area contributed by atoms with Gasteiger partial charge in [-0.25, -0.2) is 10.4 Å². The molecule has 2 aromatic carbocycles. The first-order valence-corrected chi connectivity index (χ1v) is 8.33. The Morgan fingerprint density at radius 1 is 1.12 bits per heavy atom. The average Bonchev–Trinajstić information content (AvgIpc) is 3.06. The van der Waals surface area contributed by atoms with E-state index in [1.807, 2.05) is 42.5 Å². The zero-order chi connectivity index (χ0) is 16.8. The van der Waals surface area contributed by atoms with Gasteiger partial charge in [-0.2, -0.15) is 5.10 Å². The number of carbonyl (C=O) groups is 1. The van der Waals surface area contributed by atoms with E-state index in [9.17, 15) is 4.79 Å². The molecule has 0 bridgehead atoms. The molecule has 0 aliphatic heterocycles. The summed E-state index contributed by atoms with van der Waals surface area (Å²) in [5, 5.41) is 10.00. The summed E-state index contributed by atoms with van der Waals surface area (Å²) in [6, 6.07) is 16.8. The zero-order valence-electron chi connectivity index (χ0n) is 12.4. The van der Waals surface area contributed by atoms with Gasteiger partial charge < -0.3 is 5.32 Å². The number of nitrogens with one attached hydrogen (secondary N) is 2. The van der Waals surface area contributed by atoms with Crippen LogP contribution in [0.3, 0.4) is 0 Å². The van der Waals surface area contributed by atoms with Crippen LogP contribution in [0.4, 0.5) is 10.8 Å². The Morgan fingerprint density at radius 2 is 1.88 bits per heavy atom. The highest BCUT2D eigenvalue weighted by atomic mass is 35.5. The Hall–Kier alpha value is -2.70. The van der Waals surface area contributed by atoms with Crippen LogP contribution in [0.1, 0.15) is 16.1 Å². The molecule has 2 N–H and O–H groups in total. The van der Waals surface area contributed by atoms with E-state index >= 15 is 0 Å². The lowest BCUT2D eigenvalue weighted by Crippen LogP contribution is -2.18. The molecule has 1 heterocycles. The first-order chi connectivity index (χ1) is 11.7. The van der Waals surface area contributed by atoms with Crippen LogP contribution < -0.4 is 10.7 Å². The Labute approximate surface area is 148 Å². The van der Waals surface area contributed by atoms with Crippen molar-refractivity contribution in [1.29, 1.82) is 0 Å². The molecule has 3 rings (SSSR count). The first kappa shape index (κ1) is 16.2. The molecular formula is C17H13ClN4OS. The Balaban J connectivity index is 1.59. The number of nitrogens with zero attached hydrogens (tertiary/aromatic N) is 2. The van der Waals surface area contributed by atoms with E-state index in [-0.39, 0.29) is 5.91 Å². The van der Waals surface area contributed by atoms with Crippen LogP contribution in [0.25, 0.3) is 0 Å². The molecule has 0 saturated carbocycles. The van der Waals surface area contributed by atoms with Crippen molar-refractivity contribution in [1.82, 2.24) is 10.4 Å². The molecule has 0 atom stereocenters. The van der Waals surface area contributed by atoms with Crippen LogP contribution in [0.2, 0.25) is 5.02 Å². The summed E-state index contributed by atoms with van der Waals surface area (Å²) in [6.45, 7) is 0. The number of hydrazone groups is 1. The molecular weight excluding hydrogens is 344 g/mol. The summed E-state index contributed by atoms with van der Waals surface area (Å²) in [4.78, 5) is 16.3. The van der Waals surface area contributed by atoms with Gasteiger partial charge in [0.2, 0.25) is 0 Å². The first-order valence-electron chi connectivity index (χ1n) is 7.07. The number of thiazole rings is 1. The predicted molar refractivity (Wildman–Crippen MR) is 98.4 cm³/mol. The summed E-state index contributed by atoms with van der Waals surface area (Å²) >= 11 is 7.18. The third-order valence-electron chi connectivity index (χ3n) is 3.01. The maximum absolute atomic E-state index is 12.0. The third kappa shape index (κ3) is 4.41. The van der Waals surface area contributed by atoms with Crippen LogP contribution in [0.5, 0.6) is 0 Å². The van der Waals surface area contributed by atoms with Crippen LogP contribution in [-0.2, 0) is 0 Å². The van der Waals surface area contributed by atoms with Gasteiger partial charge in [-0.15, -0.1) is 11.3 Å². The maximum Gasteiger partial charge on any atom is 0.290 e. The van der Waals surface area contributed by atoms with E-state index in [4.69, 9.17) is 11.6 Å². The van der Waals surface area contributed by atoms with E-state index in [1.54, 1.807) is 23.7 Å². The SMILES string of the molecule is O=C(N/N=C/c1ccccc1)c1csc(Nc2ccc(Cl)cc2)n1. The summed E-state index contributed by atoms with van der Waals surface area (Å²) in [5.74, 6) is -0.359. The molecule has 1 amide bonds. The molecule has 0 saturated heterocycles. The molecule has 0 aliphatic carbocycles. The fraction of sp³-hybridized carbons (Fsp3) is 0. The van der Waals surface area contributed by atoms with E-state index < -0.39 is 0 Å². The number of hydrogen-bond donors (Lipinski definition) is 2. The number of benzene rings is 2. The van der Waals surface area contributed by atoms with E-state index in [0.29, 0.717) is 15.8 Å². The van der Waals surface area contributed by atoms with Crippen molar-refractivity contribution in [2.45, 2.75) is 0 Å². The standard InChI is InChI=1S/C17H13ClN4OS/c18-13-6-8-14(9-7-13)20-17-21-15(11-24-17)16(23)22-19-10-12-4-2-1-3-5-12/h1-11H,(H,20,21)(H,22,23)/b19-10+. The third-order valence-corrected chi connectivity index (χ3v) is 4.02. The lowest BCUT2D eigenvalue weighted by Gasteiger charge is -2.01. The monoisotopic (exact) mass is 356 g/mol. The van der Waals surface area contributed by atoms with Gasteiger partial charge in [0, 0.05) is 16.1 Å². The number of hydrogen-bond acceptors (Lipinski definition) is 5. The Morgan fingerprint density at radius 3 is 2.62 bits per heavy atom. The highest BCUT2D eigenvalue weighted by Gasteiger charge is 2.10. The smallest absolute Gasteiger partial charge is 0.290 e. The highest BCUT2D eigenvalue weighted by Crippen LogP contribution is 2.22. The fourth-order valence-electron chi connectivity index (χ4n) is 1.85. The number of anilines is 2. The molecule has 24 heavy (non-hydrogen) atoms. The van der Waals surface area contributed by atoms with Crippen molar-refractivity contribution in [2.75, 3.05) is 5.32 Å². The van der Waals surface area contributed by atoms with Gasteiger partial charge in [0.15, 0.2) is 5.13 Å². The number of carbonyl (C=O) groups excluding carboxylic acids is 1. The Kier molecular flexibility index (Phi) is 5.20. The number of aromatic nitrogens is 1. The van der Waals surface area contributed by atoms with Gasteiger partial charge in [0.25, 0.3) is 5.91 Å². The summed E-state index contributed by atoms with van der Waals surface area (Å²) < 4.78 is 0. The molecule has 120 valence electrons. The van der Waals surface area contributed by atoms with E-state index in [1.165, 1.54) is 11.3 Å². The van der Waals surface area contributed by atoms with Gasteiger partial charge in [0.1, 0.15) is 5.69 Å². The second-order valence-electron chi connectivity index (χ2n) is 4.78. The second-order valence-corrected chi connectivity index (χ2v) is 6.07. The van der Waals surface area contributed by atoms with Gasteiger partial charge >= 0.3 is 0 Å². The molecule has 0 fully saturated rings. The quantitative estimate of drug-likeness (QED) is 0.529. The molecule has 1 aromatic heterocycles. The number of halogens is 1. The minimum absolute atomic E-state index is 0.307. The van der Waals surface area contributed by atoms with Crippen LogP contribution >= 0.6 is 22.9 Å². The van der Waals surface area contributed by atoms with Gasteiger partial charge in [-0.05, 0) is 29.8 Å². The average molecular weight is 357 g/mol. The molecule has 5 nitrogen and oxygen atoms in total. The maximum atomic E-state index is 12.0. The summed E-state index contributed by atoms with van der Waals surface area (Å²) in [5.41, 5.74) is 4.52. The van der Waals surface area contributed by atoms with Gasteiger partial charge in [-0.1, -0.05) is 41.9 Å². The van der Waals surface area contributed by atoms with Gasteiger partial charge in [0.05, 0.1) is 6.21 Å². The largest absolute Gasteiger partial charge is 0.332 e. The van der Waals surface area contributed by atoms with Crippen molar-refractivity contribution < 1.29 is 4.79 Å². The topological polar surface area (TPSA) is 66.4 Å². The lowest BCUT2D eigenvalue weighted by molar-refractivity contribution is 0.0951. The van der Waals surface area contributed by atoms with Crippen molar-refractivity contribution in [3.05, 3.63) is 76.3 Å². The van der Waals surface area contributed by atoms with Gasteiger partial charge in [-0.3, -0.25) is 4.79 Å². The predicted octanol–water partition coefficient (Wildman–Crippen LogP) is 4.30. The number of rotatable bonds is 5. The summed E-state index contributed by atoms with van der Waals surface area (Å²) in [6.07, 6.45) is 1.58. The molecule has 0 spiro atoms. The number of amides is 1. The van der Waals surface area contributed by atoms with Crippen LogP contribution in [0, 0.1) is 0 Å². The van der Waals surface area contributed by atoms with Crippen molar-refractivity contribution in [3.63, 3.8) is 0 Å². The van der Waals surface area contributed by atoms with Crippen molar-refractivity contribution in [3.8, 4) is 0 Å². The van der Waals surface area contributed by atoms with E-state index in [2.05, 4.69) is 20.8 Å². The Bertz CT molecular complexity index is 847. The normalized spacial score (nSPS) is 10.7. The molecule has 7 heteroatoms. The molecule has 0 radical (unpaired) electrons. The lowest BCUT2D eigenvalue weighted by atomic mass is 10.2. The highest BCUT2D eigenvalue weighted by molar-refractivity contribution is 7.14.